The van der Waals surface area contributed by atoms with Crippen LogP contribution in [0.15, 0.2) is 24.3 Å². The molecule has 0 aliphatic rings. The average molecular weight is 398 g/mol. The highest BCUT2D eigenvalue weighted by molar-refractivity contribution is 7.89. The summed E-state index contributed by atoms with van der Waals surface area (Å²) in [4.78, 5) is 21.2. The Labute approximate surface area is 152 Å². The van der Waals surface area contributed by atoms with E-state index in [0.29, 0.717) is 0 Å². The molecular weight excluding hydrogens is 384 g/mol. The number of aromatic carboxylic acids is 1. The van der Waals surface area contributed by atoms with Crippen LogP contribution in [0.4, 0.5) is 0 Å². The van der Waals surface area contributed by atoms with Crippen LogP contribution in [0.3, 0.4) is 0 Å². The summed E-state index contributed by atoms with van der Waals surface area (Å²) in [5.41, 5.74) is -1.04. The van der Waals surface area contributed by atoms with E-state index in [0.717, 1.165) is 24.3 Å². The summed E-state index contributed by atoms with van der Waals surface area (Å²) in [5.74, 6) is -5.89. The fourth-order valence-electron chi connectivity index (χ4n) is 2.29. The molecule has 144 valence electrons. The van der Waals surface area contributed by atoms with Crippen LogP contribution >= 0.6 is 0 Å². The molecule has 11 heteroatoms. The van der Waals surface area contributed by atoms with E-state index < -0.39 is 55.9 Å². The zero-order valence-corrected chi connectivity index (χ0v) is 14.3. The van der Waals surface area contributed by atoms with Crippen molar-refractivity contribution in [1.29, 1.82) is 0 Å². The minimum atomic E-state index is -4.02. The number of phenolic OH excluding ortho intramolecular Hbond substituents is 3. The van der Waals surface area contributed by atoms with Crippen molar-refractivity contribution in [3.8, 4) is 28.7 Å². The summed E-state index contributed by atoms with van der Waals surface area (Å²) in [7, 11) is -4.02. The summed E-state index contributed by atoms with van der Waals surface area (Å²) in [6.07, 6.45) is 0. The molecule has 5 N–H and O–H groups in total. The van der Waals surface area contributed by atoms with E-state index in [1.165, 1.54) is 0 Å². The van der Waals surface area contributed by atoms with E-state index in [-0.39, 0.29) is 23.3 Å². The number of hydrogen-bond donors (Lipinski definition) is 5. The first-order valence-corrected chi connectivity index (χ1v) is 9.00. The fourth-order valence-corrected chi connectivity index (χ4v) is 3.81. The third kappa shape index (κ3) is 4.58. The van der Waals surface area contributed by atoms with Gasteiger partial charge in [0.2, 0.25) is 0 Å². The quantitative estimate of drug-likeness (QED) is 0.332. The number of phenols is 4. The summed E-state index contributed by atoms with van der Waals surface area (Å²) in [5, 5.41) is 47.8. The third-order valence-corrected chi connectivity index (χ3v) is 5.02. The molecule has 0 aliphatic carbocycles. The van der Waals surface area contributed by atoms with Crippen molar-refractivity contribution in [1.82, 2.24) is 0 Å². The van der Waals surface area contributed by atoms with E-state index in [9.17, 15) is 38.4 Å². The van der Waals surface area contributed by atoms with Crippen molar-refractivity contribution >= 4 is 22.3 Å². The lowest BCUT2D eigenvalue weighted by Gasteiger charge is -2.11. The lowest BCUT2D eigenvalue weighted by molar-refractivity contribution is -0.120. The van der Waals surface area contributed by atoms with Gasteiger partial charge in [-0.1, -0.05) is 0 Å². The highest BCUT2D eigenvalue weighted by atomic mass is 32.2. The highest BCUT2D eigenvalue weighted by Gasteiger charge is 2.22. The molecule has 2 aromatic rings. The molecule has 0 aromatic heterocycles. The van der Waals surface area contributed by atoms with E-state index in [1.54, 1.807) is 0 Å². The number of carbonyl (C=O) groups excluding carboxylic acids is 1. The van der Waals surface area contributed by atoms with Crippen molar-refractivity contribution in [3.63, 3.8) is 0 Å². The SMILES string of the molecule is O=COc1cc(O)c(CS(=O)(=O)Cc2cc(O)c(C(=O)O)cc2O)cc1O. The van der Waals surface area contributed by atoms with Gasteiger partial charge in [-0.25, -0.2) is 13.2 Å². The molecule has 0 unspecified atom stereocenters. The number of hydrogen-bond acceptors (Lipinski definition) is 9. The van der Waals surface area contributed by atoms with E-state index in [2.05, 4.69) is 4.74 Å². The predicted octanol–water partition coefficient (Wildman–Crippen LogP) is 0.857. The van der Waals surface area contributed by atoms with E-state index in [1.807, 2.05) is 0 Å². The Balaban J connectivity index is 2.31. The number of aromatic hydroxyl groups is 4. The van der Waals surface area contributed by atoms with Gasteiger partial charge < -0.3 is 30.3 Å². The normalized spacial score (nSPS) is 11.1. The summed E-state index contributed by atoms with van der Waals surface area (Å²) in [6, 6.07) is 3.29. The molecule has 0 aliphatic heterocycles. The average Bonchev–Trinajstić information content (AvgIpc) is 2.54. The number of sulfone groups is 1. The van der Waals surface area contributed by atoms with Crippen molar-refractivity contribution in [2.45, 2.75) is 11.5 Å². The van der Waals surface area contributed by atoms with Gasteiger partial charge in [0.1, 0.15) is 22.8 Å². The second-order valence-electron chi connectivity index (χ2n) is 5.50. The first-order chi connectivity index (χ1) is 12.5. The van der Waals surface area contributed by atoms with Gasteiger partial charge in [0.05, 0.1) is 11.5 Å². The van der Waals surface area contributed by atoms with Gasteiger partial charge >= 0.3 is 5.97 Å². The Morgan fingerprint density at radius 2 is 1.41 bits per heavy atom. The van der Waals surface area contributed by atoms with Gasteiger partial charge in [-0.3, -0.25) is 4.79 Å². The molecule has 0 heterocycles. The molecule has 0 spiro atoms. The molecule has 27 heavy (non-hydrogen) atoms. The summed E-state index contributed by atoms with van der Waals surface area (Å²) < 4.78 is 29.1. The summed E-state index contributed by atoms with van der Waals surface area (Å²) in [6.45, 7) is 0.0148. The predicted molar refractivity (Wildman–Crippen MR) is 89.5 cm³/mol. The van der Waals surface area contributed by atoms with Crippen molar-refractivity contribution in [3.05, 3.63) is 41.0 Å². The number of carbonyl (C=O) groups is 2. The number of carboxylic acid groups (broad SMARTS) is 1. The van der Waals surface area contributed by atoms with Gasteiger partial charge in [0, 0.05) is 17.2 Å². The first-order valence-electron chi connectivity index (χ1n) is 7.17. The van der Waals surface area contributed by atoms with Gasteiger partial charge in [0.25, 0.3) is 6.47 Å². The third-order valence-electron chi connectivity index (χ3n) is 3.51. The first kappa shape index (κ1) is 19.8. The number of benzene rings is 2. The fraction of sp³-hybridized carbons (Fsp3) is 0.125. The monoisotopic (exact) mass is 398 g/mol. The molecular formula is C16H14O10S. The van der Waals surface area contributed by atoms with Crippen LogP contribution in [0.25, 0.3) is 0 Å². The number of carboxylic acids is 1. The Bertz CT molecular complexity index is 1010. The van der Waals surface area contributed by atoms with Crippen LogP contribution in [-0.4, -0.2) is 46.4 Å². The van der Waals surface area contributed by atoms with Gasteiger partial charge in [-0.15, -0.1) is 0 Å². The van der Waals surface area contributed by atoms with E-state index >= 15 is 0 Å². The minimum absolute atomic E-state index is 0.0148. The van der Waals surface area contributed by atoms with Crippen molar-refractivity contribution in [2.24, 2.45) is 0 Å². The van der Waals surface area contributed by atoms with E-state index in [4.69, 9.17) is 5.11 Å². The standard InChI is InChI=1S/C16H14O10S/c17-7-26-15-4-12(19)9(2-14(15)21)6-27(24,25)5-8-1-13(20)10(16(22)23)3-11(8)18/h1-4,7,18-21H,5-6H2,(H,22,23). The smallest absolute Gasteiger partial charge is 0.339 e. The minimum Gasteiger partial charge on any atom is -0.508 e. The molecule has 0 saturated heterocycles. The van der Waals surface area contributed by atoms with Crippen LogP contribution < -0.4 is 4.74 Å². The lowest BCUT2D eigenvalue weighted by Crippen LogP contribution is -2.09. The van der Waals surface area contributed by atoms with Crippen LogP contribution in [-0.2, 0) is 26.1 Å². The maximum atomic E-state index is 12.3. The van der Waals surface area contributed by atoms with Crippen LogP contribution in [0.2, 0.25) is 0 Å². The van der Waals surface area contributed by atoms with Gasteiger partial charge in [-0.05, 0) is 18.2 Å². The molecule has 0 radical (unpaired) electrons. The molecule has 0 fully saturated rings. The zero-order chi connectivity index (χ0) is 20.4. The largest absolute Gasteiger partial charge is 0.508 e. The Kier molecular flexibility index (Phi) is 5.45. The molecule has 0 bridgehead atoms. The number of ether oxygens (including phenoxy) is 1. The molecule has 10 nitrogen and oxygen atoms in total. The van der Waals surface area contributed by atoms with Crippen LogP contribution in [0, 0.1) is 0 Å². The van der Waals surface area contributed by atoms with Gasteiger partial charge in [0.15, 0.2) is 21.3 Å². The van der Waals surface area contributed by atoms with Crippen molar-refractivity contribution in [2.75, 3.05) is 0 Å². The molecule has 0 saturated carbocycles. The van der Waals surface area contributed by atoms with Gasteiger partial charge in [-0.2, -0.15) is 0 Å². The molecule has 2 rings (SSSR count). The molecule has 0 amide bonds. The second-order valence-corrected chi connectivity index (χ2v) is 7.56. The van der Waals surface area contributed by atoms with Crippen LogP contribution in [0.1, 0.15) is 21.5 Å². The molecule has 0 atom stereocenters. The molecule has 2 aromatic carbocycles. The highest BCUT2D eigenvalue weighted by Crippen LogP contribution is 2.35. The Hall–Kier alpha value is -3.47. The number of rotatable bonds is 7. The maximum Gasteiger partial charge on any atom is 0.339 e. The van der Waals surface area contributed by atoms with Crippen LogP contribution in [0.5, 0.6) is 28.7 Å². The second kappa shape index (κ2) is 7.41. The zero-order valence-electron chi connectivity index (χ0n) is 13.5. The lowest BCUT2D eigenvalue weighted by atomic mass is 10.1. The topological polar surface area (TPSA) is 179 Å². The Morgan fingerprint density at radius 3 is 1.93 bits per heavy atom. The maximum absolute atomic E-state index is 12.3. The Morgan fingerprint density at radius 1 is 0.889 bits per heavy atom. The van der Waals surface area contributed by atoms with Crippen molar-refractivity contribution < 1.29 is 48.3 Å². The summed E-state index contributed by atoms with van der Waals surface area (Å²) >= 11 is 0.